The van der Waals surface area contributed by atoms with Crippen molar-refractivity contribution in [1.82, 2.24) is 0 Å². The number of thiol groups is 1. The highest BCUT2D eigenvalue weighted by atomic mass is 33.1. The van der Waals surface area contributed by atoms with Crippen LogP contribution in [0, 0.1) is 0 Å². The topological polar surface area (TPSA) is 919 Å². The van der Waals surface area contributed by atoms with Crippen molar-refractivity contribution in [2.75, 3.05) is 120 Å². The van der Waals surface area contributed by atoms with Crippen LogP contribution in [0.15, 0.2) is 60.8 Å². The highest BCUT2D eigenvalue weighted by Gasteiger charge is 2.23. The lowest BCUT2D eigenvalue weighted by Gasteiger charge is -2.10. The Kier molecular flexibility index (Phi) is 120. The van der Waals surface area contributed by atoms with E-state index < -0.39 is 144 Å². The molecule has 0 aliphatic heterocycles. The summed E-state index contributed by atoms with van der Waals surface area (Å²) in [4.78, 5) is 205. The minimum Gasteiger partial charge on any atom is -0.468 e. The lowest BCUT2D eigenvalue weighted by Crippen LogP contribution is -2.35. The summed E-state index contributed by atoms with van der Waals surface area (Å²) >= 11 is 6.70. The van der Waals surface area contributed by atoms with Gasteiger partial charge in [0.2, 0.25) is 0 Å². The van der Waals surface area contributed by atoms with E-state index in [4.69, 9.17) is 115 Å². The fourth-order valence-corrected chi connectivity index (χ4v) is 16.9. The van der Waals surface area contributed by atoms with Crippen LogP contribution in [0.2, 0.25) is 0 Å². The number of hydrogen-bond acceptors (Lipinski definition) is 56. The molecule has 0 bridgehead atoms. The number of rotatable bonds is 64. The molecule has 0 aromatic rings. The maximum atomic E-state index is 11.1. The summed E-state index contributed by atoms with van der Waals surface area (Å²) in [5.41, 5.74) is 111. The van der Waals surface area contributed by atoms with Gasteiger partial charge in [-0.15, -0.1) is 0 Å². The largest absolute Gasteiger partial charge is 0.468 e. The highest BCUT2D eigenvalue weighted by Crippen LogP contribution is 2.25. The molecule has 0 saturated carbocycles. The van der Waals surface area contributed by atoms with Gasteiger partial charge in [0, 0.05) is 64.2 Å². The van der Waals surface area contributed by atoms with Gasteiger partial charge in [-0.3, -0.25) is 91.1 Å². The van der Waals surface area contributed by atoms with E-state index in [1.165, 1.54) is 214 Å². The van der Waals surface area contributed by atoms with Gasteiger partial charge in [0.25, 0.3) is 0 Å². The van der Waals surface area contributed by atoms with Gasteiger partial charge in [-0.05, 0) is 158 Å². The summed E-state index contributed by atoms with van der Waals surface area (Å²) < 4.78 is 35.7. The number of Topliss-reactive ketones (excluding diaryl/α,β-unsaturated/α-hetero) is 11. The Bertz CT molecular complexity index is 3500. The van der Waals surface area contributed by atoms with Crippen LogP contribution < -0.4 is 115 Å². The standard InChI is InChI=1S/C11H20N2O.2C10H18N2O4.C10H18N2O2.2C9H18N2O4S.C9H18N2O2S2.2C8H16N2O2S2.C5H11NO.C4H9NOS/c1-8(2)10(12)6-4-5-7-11(13)9(3)14;2*1-15-9(13)7(11)5-3-4-6-8(12)10(14)16-2;1-7(13)9(11)5-3-4-6-10(12)8(2)14;2*1-14-8(12)6(10)3-4-16-5-7(11)9(13)15-2;1-3-9(13)8(11)5-15-14-4-7(10)6(2)12;2*1-5(11)7(9)3-13-14-4-8(10)6(2)12;1-3-5(6)4(2)7;1-3(6)4(5)2-7/h4-5,10-11H,1,6-7,12-13H2,2-3H3;2*3-4,7-8H,5-6,11-12H2,1-2H3;3-4,9-10H,5-6,11-12H2,1-2H3;2*6-7H,3-5,10-11H2,1-2H3;7-8H,3-5,10-11H2,1-2H3;2*7-8H,3-4,9-10H2,1-2H3;5H,3,6H2,1-2H3;4,7H,2,5H2,1H3/b5-4+;3*4-3+;;;;;;;/t10-,11-;7-,8+;7-,8-;9-,10+;6-,7+;6-,7-;7-,8-;7-,8+;7-,8-;5-;4-/m0.0.000.010/s1. The number of esters is 8. The van der Waals surface area contributed by atoms with E-state index in [1.807, 2.05) is 26.0 Å². The van der Waals surface area contributed by atoms with Crippen molar-refractivity contribution in [3.8, 4) is 0 Å². The van der Waals surface area contributed by atoms with Crippen molar-refractivity contribution < 1.29 is 129 Å². The first kappa shape index (κ1) is 165. The van der Waals surface area contributed by atoms with E-state index in [9.17, 15) is 91.1 Å². The van der Waals surface area contributed by atoms with Crippen LogP contribution in [0.4, 0.5) is 0 Å². The summed E-state index contributed by atoms with van der Waals surface area (Å²) in [6, 6.07) is -9.61. The fourth-order valence-electron chi connectivity index (χ4n) is 7.54. The van der Waals surface area contributed by atoms with E-state index >= 15 is 0 Å². The zero-order chi connectivity index (χ0) is 118. The number of ketones is 11. The summed E-state index contributed by atoms with van der Waals surface area (Å²) in [5.74, 6) is 2.34. The average Bonchev–Trinajstić information content (AvgIpc) is 0.951. The molecule has 20 atom stereocenters. The van der Waals surface area contributed by atoms with Gasteiger partial charge in [-0.1, -0.05) is 139 Å². The number of carbonyl (C=O) groups is 19. The molecule has 0 aliphatic rings. The average molecular weight is 2300 g/mol. The molecule has 0 heterocycles. The molecule has 0 aromatic carbocycles. The van der Waals surface area contributed by atoms with Crippen molar-refractivity contribution in [2.45, 2.75) is 288 Å². The van der Waals surface area contributed by atoms with Crippen molar-refractivity contribution >= 4 is 212 Å². The maximum Gasteiger partial charge on any atom is 0.323 e. The highest BCUT2D eigenvalue weighted by molar-refractivity contribution is 8.77. The molecule has 149 heavy (non-hydrogen) atoms. The Morgan fingerprint density at radius 1 is 0.228 bits per heavy atom. The van der Waals surface area contributed by atoms with Crippen LogP contribution in [-0.2, 0) is 129 Å². The molecule has 0 aliphatic carbocycles. The minimum absolute atomic E-state index is 0.000183. The molecule has 0 fully saturated rings. The summed E-state index contributed by atoms with van der Waals surface area (Å²) in [5, 5.41) is 0. The van der Waals surface area contributed by atoms with Crippen LogP contribution in [0.3, 0.4) is 0 Å². The summed E-state index contributed by atoms with van der Waals surface area (Å²) in [6.45, 7) is 24.1. The van der Waals surface area contributed by atoms with Gasteiger partial charge in [-0.2, -0.15) is 36.2 Å². The first-order chi connectivity index (χ1) is 69.2. The number of carbonyl (C=O) groups excluding carboxylic acids is 19. The monoisotopic (exact) mass is 2300 g/mol. The van der Waals surface area contributed by atoms with E-state index in [0.717, 1.165) is 18.4 Å². The molecular formula is C93H180N20O27S9. The first-order valence-corrected chi connectivity index (χ1v) is 56.7. The van der Waals surface area contributed by atoms with Crippen LogP contribution in [0.25, 0.3) is 0 Å². The van der Waals surface area contributed by atoms with Gasteiger partial charge in [0.15, 0.2) is 0 Å². The molecule has 0 aromatic heterocycles. The van der Waals surface area contributed by atoms with E-state index in [2.05, 4.69) is 57.1 Å². The Labute approximate surface area is 918 Å². The quantitative estimate of drug-likeness (QED) is 0.00894. The van der Waals surface area contributed by atoms with Gasteiger partial charge in [-0.25, -0.2) is 0 Å². The number of hydrogen-bond donors (Lipinski definition) is 21. The van der Waals surface area contributed by atoms with Gasteiger partial charge in [0.05, 0.1) is 123 Å². The Morgan fingerprint density at radius 2 is 0.396 bits per heavy atom. The third-order valence-corrected chi connectivity index (χ3v) is 28.6. The van der Waals surface area contributed by atoms with Gasteiger partial charge >= 0.3 is 47.8 Å². The lowest BCUT2D eigenvalue weighted by molar-refractivity contribution is -0.143. The van der Waals surface area contributed by atoms with E-state index in [1.54, 1.807) is 43.4 Å². The number of methoxy groups -OCH3 is 8. The number of thioether (sulfide) groups is 2. The van der Waals surface area contributed by atoms with E-state index in [-0.39, 0.29) is 87.8 Å². The van der Waals surface area contributed by atoms with Crippen molar-refractivity contribution in [1.29, 1.82) is 0 Å². The van der Waals surface area contributed by atoms with Crippen LogP contribution in [0.1, 0.15) is 167 Å². The number of ether oxygens (including phenoxy) is 8. The third-order valence-electron chi connectivity index (χ3n) is 18.5. The second-order valence-electron chi connectivity index (χ2n) is 31.9. The molecule has 0 spiro atoms. The molecule has 40 N–H and O–H groups in total. The van der Waals surface area contributed by atoms with Crippen molar-refractivity contribution in [3.05, 3.63) is 60.8 Å². The lowest BCUT2D eigenvalue weighted by atomic mass is 10.1. The SMILES string of the molecule is C=C(C)[C@@H](N)C/C=C/C[C@H](N)C(C)=O.CC(=O)[C@@H](N)CS.CC(=O)[C@@H](N)CSSC[C@H](N)C(C)=O.CC(=O)[C@H](N)C/C=C/C[C@H](N)C(C)=O.CC(=O)[C@H](N)CSSC[C@H](N)C(C)=O.CCC(=O)[C@@H](N)CSSC[C@H](N)C(C)=O.CC[C@@H](N)C(C)=O.COC(=O)[C@@H](N)C/C=C/C[C@H](N)C(=O)OC.COC(=O)[C@@H](N)CCSC[C@H](N)C(=O)OC.COC(=O)[C@H](N)C/C=C/C[C@H](N)C(=O)OC.COC(=O)[C@H](N)CSCC[C@H](N)C(=O)OC. The molecule has 0 saturated heterocycles. The zero-order valence-corrected chi connectivity index (χ0v) is 97.8. The molecule has 0 amide bonds. The molecule has 47 nitrogen and oxygen atoms in total. The fraction of sp³-hybridized carbons (Fsp3) is 0.688. The summed E-state index contributed by atoms with van der Waals surface area (Å²) in [6.07, 6.45) is 20.1. The first-order valence-electron chi connectivity index (χ1n) is 46.3. The van der Waals surface area contributed by atoms with E-state index in [0.29, 0.717) is 127 Å². The maximum absolute atomic E-state index is 11.1. The molecule has 0 unspecified atom stereocenters. The molecule has 56 heteroatoms. The van der Waals surface area contributed by atoms with Crippen LogP contribution in [-0.4, -0.2) is 352 Å². The minimum atomic E-state index is -0.685. The predicted octanol–water partition coefficient (Wildman–Crippen LogP) is -0.698. The van der Waals surface area contributed by atoms with Gasteiger partial charge < -0.3 is 153 Å². The smallest absolute Gasteiger partial charge is 0.323 e. The second kappa shape index (κ2) is 108. The Hall–Kier alpha value is -6.82. The zero-order valence-electron chi connectivity index (χ0n) is 90.4. The van der Waals surface area contributed by atoms with Gasteiger partial charge in [0.1, 0.15) is 112 Å². The molecule has 0 rings (SSSR count). The third kappa shape index (κ3) is 109. The molecule has 868 valence electrons. The van der Waals surface area contributed by atoms with Crippen LogP contribution >= 0.6 is 101 Å². The second-order valence-corrected chi connectivity index (χ2v) is 42.2. The molecule has 0 radical (unpaired) electrons. The predicted molar refractivity (Wildman–Crippen MR) is 609 cm³/mol. The number of nitrogens with two attached hydrogens (primary N) is 20. The Balaban J connectivity index is -0.000000157. The van der Waals surface area contributed by atoms with Crippen molar-refractivity contribution in [2.24, 2.45) is 115 Å². The summed E-state index contributed by atoms with van der Waals surface area (Å²) in [7, 11) is 19.1. The molecular weight excluding hydrogens is 2120 g/mol. The normalized spacial score (nSPS) is 14.6. The van der Waals surface area contributed by atoms with Crippen molar-refractivity contribution in [3.63, 3.8) is 0 Å². The van der Waals surface area contributed by atoms with Crippen LogP contribution in [0.5, 0.6) is 0 Å². The Morgan fingerprint density at radius 3 is 0.544 bits per heavy atom.